The molecule has 1 atom stereocenters. The predicted molar refractivity (Wildman–Crippen MR) is 79.0 cm³/mol. The summed E-state index contributed by atoms with van der Waals surface area (Å²) in [6, 6.07) is 0. The molecule has 1 fully saturated rings. The summed E-state index contributed by atoms with van der Waals surface area (Å²) in [5.74, 6) is 0.704. The zero-order chi connectivity index (χ0) is 14.1. The fraction of sp³-hybridized carbons (Fsp3) is 0.600. The number of fused-ring (bicyclic) bond motifs is 1. The summed E-state index contributed by atoms with van der Waals surface area (Å²) in [7, 11) is 0. The molecule has 4 nitrogen and oxygen atoms in total. The van der Waals surface area contributed by atoms with Crippen molar-refractivity contribution in [3.8, 4) is 0 Å². The Labute approximate surface area is 123 Å². The highest BCUT2D eigenvalue weighted by Gasteiger charge is 2.27. The predicted octanol–water partition coefficient (Wildman–Crippen LogP) is 1.83. The van der Waals surface area contributed by atoms with E-state index in [1.165, 1.54) is 10.4 Å². The second kappa shape index (κ2) is 5.56. The number of amides is 2. The van der Waals surface area contributed by atoms with Gasteiger partial charge in [-0.05, 0) is 37.2 Å². The molecule has 1 aromatic rings. The molecule has 1 saturated heterocycles. The zero-order valence-electron chi connectivity index (χ0n) is 11.8. The average Bonchev–Trinajstić information content (AvgIpc) is 2.71. The molecule has 0 aromatic carbocycles. The Bertz CT molecular complexity index is 538. The Hall–Kier alpha value is -1.36. The number of hydrogen-bond acceptors (Lipinski definition) is 3. The van der Waals surface area contributed by atoms with Gasteiger partial charge in [0.25, 0.3) is 5.91 Å². The van der Waals surface area contributed by atoms with Crippen molar-refractivity contribution in [3.05, 3.63) is 21.4 Å². The molecule has 1 aromatic heterocycles. The van der Waals surface area contributed by atoms with Crippen molar-refractivity contribution >= 4 is 23.2 Å². The lowest BCUT2D eigenvalue weighted by molar-refractivity contribution is -0.121. The maximum absolute atomic E-state index is 12.7. The summed E-state index contributed by atoms with van der Waals surface area (Å²) in [4.78, 5) is 27.3. The van der Waals surface area contributed by atoms with Crippen molar-refractivity contribution in [1.29, 1.82) is 0 Å². The van der Waals surface area contributed by atoms with Gasteiger partial charge in [0.05, 0.1) is 12.1 Å². The van der Waals surface area contributed by atoms with E-state index in [2.05, 4.69) is 12.2 Å². The summed E-state index contributed by atoms with van der Waals surface area (Å²) >= 11 is 1.71. The largest absolute Gasteiger partial charge is 0.354 e. The minimum Gasteiger partial charge on any atom is -0.354 e. The molecule has 2 amide bonds. The second-order valence-electron chi connectivity index (χ2n) is 5.83. The molecule has 1 aliphatic carbocycles. The van der Waals surface area contributed by atoms with Crippen LogP contribution in [0.3, 0.4) is 0 Å². The number of nitrogens with zero attached hydrogens (tertiary/aromatic N) is 1. The minimum atomic E-state index is -0.0476. The fourth-order valence-corrected chi connectivity index (χ4v) is 4.24. The number of carbonyl (C=O) groups excluding carboxylic acids is 2. The van der Waals surface area contributed by atoms with E-state index in [0.29, 0.717) is 19.0 Å². The highest BCUT2D eigenvalue weighted by Crippen LogP contribution is 2.33. The molecule has 0 spiro atoms. The summed E-state index contributed by atoms with van der Waals surface area (Å²) in [6.45, 7) is 3.80. The van der Waals surface area contributed by atoms with Crippen molar-refractivity contribution < 1.29 is 9.59 Å². The third-order valence-corrected chi connectivity index (χ3v) is 5.23. The molecule has 20 heavy (non-hydrogen) atoms. The third-order valence-electron chi connectivity index (χ3n) is 4.18. The highest BCUT2D eigenvalue weighted by molar-refractivity contribution is 7.10. The van der Waals surface area contributed by atoms with Gasteiger partial charge < -0.3 is 10.2 Å². The van der Waals surface area contributed by atoms with E-state index in [4.69, 9.17) is 0 Å². The number of thiophene rings is 1. The fourth-order valence-electron chi connectivity index (χ4n) is 3.01. The first-order chi connectivity index (χ1) is 9.65. The van der Waals surface area contributed by atoms with Crippen molar-refractivity contribution in [3.63, 3.8) is 0 Å². The maximum Gasteiger partial charge on any atom is 0.255 e. The van der Waals surface area contributed by atoms with Gasteiger partial charge in [-0.1, -0.05) is 6.92 Å². The lowest BCUT2D eigenvalue weighted by Gasteiger charge is -2.22. The number of nitrogens with one attached hydrogen (secondary N) is 1. The van der Waals surface area contributed by atoms with E-state index < -0.39 is 0 Å². The lowest BCUT2D eigenvalue weighted by atomic mass is 9.88. The van der Waals surface area contributed by atoms with Gasteiger partial charge in [-0.2, -0.15) is 0 Å². The van der Waals surface area contributed by atoms with Gasteiger partial charge in [-0.3, -0.25) is 9.59 Å². The Balaban J connectivity index is 1.82. The molecule has 1 unspecified atom stereocenters. The third kappa shape index (κ3) is 2.59. The smallest absolute Gasteiger partial charge is 0.255 e. The van der Waals surface area contributed by atoms with Crippen LogP contribution in [-0.2, 0) is 17.6 Å². The summed E-state index contributed by atoms with van der Waals surface area (Å²) in [5.41, 5.74) is 2.08. The topological polar surface area (TPSA) is 49.4 Å². The molecule has 0 bridgehead atoms. The first-order valence-electron chi connectivity index (χ1n) is 7.30. The SMILES string of the molecule is CC1CCc2c(C(=O)N3CCCNC(=O)C3)csc2C1. The van der Waals surface area contributed by atoms with Crippen molar-refractivity contribution in [2.45, 2.75) is 32.6 Å². The molecular formula is C15H20N2O2S. The molecule has 2 aliphatic rings. The number of rotatable bonds is 1. The van der Waals surface area contributed by atoms with Crippen LogP contribution in [0, 0.1) is 5.92 Å². The van der Waals surface area contributed by atoms with Crippen LogP contribution in [-0.4, -0.2) is 36.3 Å². The van der Waals surface area contributed by atoms with Crippen LogP contribution >= 0.6 is 11.3 Å². The molecule has 2 heterocycles. The normalized spacial score (nSPS) is 22.9. The average molecular weight is 292 g/mol. The maximum atomic E-state index is 12.7. The van der Waals surface area contributed by atoms with Crippen molar-refractivity contribution in [2.75, 3.05) is 19.6 Å². The molecule has 0 saturated carbocycles. The van der Waals surface area contributed by atoms with Crippen molar-refractivity contribution in [2.24, 2.45) is 5.92 Å². The van der Waals surface area contributed by atoms with Crippen molar-refractivity contribution in [1.82, 2.24) is 10.2 Å². The quantitative estimate of drug-likeness (QED) is 0.858. The first kappa shape index (κ1) is 13.6. The molecule has 1 N–H and O–H groups in total. The van der Waals surface area contributed by atoms with E-state index in [1.807, 2.05) is 5.38 Å². The van der Waals surface area contributed by atoms with Gasteiger partial charge in [-0.15, -0.1) is 11.3 Å². The molecule has 108 valence electrons. The monoisotopic (exact) mass is 292 g/mol. The molecule has 3 rings (SSSR count). The molecule has 1 aliphatic heterocycles. The first-order valence-corrected chi connectivity index (χ1v) is 8.18. The van der Waals surface area contributed by atoms with Gasteiger partial charge in [0.2, 0.25) is 5.91 Å². The molecular weight excluding hydrogens is 272 g/mol. The summed E-state index contributed by atoms with van der Waals surface area (Å²) < 4.78 is 0. The van der Waals surface area contributed by atoms with Crippen LogP contribution in [0.2, 0.25) is 0 Å². The van der Waals surface area contributed by atoms with Crippen LogP contribution < -0.4 is 5.32 Å². The number of hydrogen-bond donors (Lipinski definition) is 1. The Morgan fingerprint density at radius 1 is 1.50 bits per heavy atom. The van der Waals surface area contributed by atoms with Crippen LogP contribution in [0.15, 0.2) is 5.38 Å². The Morgan fingerprint density at radius 2 is 2.35 bits per heavy atom. The number of carbonyl (C=O) groups is 2. The van der Waals surface area contributed by atoms with Crippen LogP contribution in [0.1, 0.15) is 40.6 Å². The van der Waals surface area contributed by atoms with Gasteiger partial charge in [-0.25, -0.2) is 0 Å². The van der Waals surface area contributed by atoms with Gasteiger partial charge in [0, 0.05) is 23.3 Å². The van der Waals surface area contributed by atoms with E-state index in [9.17, 15) is 9.59 Å². The molecule has 5 heteroatoms. The minimum absolute atomic E-state index is 0.0362. The van der Waals surface area contributed by atoms with E-state index >= 15 is 0 Å². The van der Waals surface area contributed by atoms with Gasteiger partial charge >= 0.3 is 0 Å². The lowest BCUT2D eigenvalue weighted by Crippen LogP contribution is -2.37. The standard InChI is InChI=1S/C15H20N2O2S/c1-10-3-4-11-12(9-20-13(11)7-10)15(19)17-6-2-5-16-14(18)8-17/h9-10H,2-8H2,1H3,(H,16,18). The van der Waals surface area contributed by atoms with Crippen LogP contribution in [0.5, 0.6) is 0 Å². The van der Waals surface area contributed by atoms with Crippen LogP contribution in [0.4, 0.5) is 0 Å². The summed E-state index contributed by atoms with van der Waals surface area (Å²) in [5, 5.41) is 4.81. The van der Waals surface area contributed by atoms with Gasteiger partial charge in [0.15, 0.2) is 0 Å². The van der Waals surface area contributed by atoms with Crippen LogP contribution in [0.25, 0.3) is 0 Å². The highest BCUT2D eigenvalue weighted by atomic mass is 32.1. The summed E-state index contributed by atoms with van der Waals surface area (Å²) in [6.07, 6.45) is 4.08. The van der Waals surface area contributed by atoms with E-state index in [0.717, 1.165) is 31.2 Å². The second-order valence-corrected chi connectivity index (χ2v) is 6.79. The molecule has 0 radical (unpaired) electrons. The van der Waals surface area contributed by atoms with E-state index in [-0.39, 0.29) is 18.4 Å². The van der Waals surface area contributed by atoms with Gasteiger partial charge in [0.1, 0.15) is 0 Å². The zero-order valence-corrected chi connectivity index (χ0v) is 12.6. The Kier molecular flexibility index (Phi) is 3.78. The Morgan fingerprint density at radius 3 is 3.20 bits per heavy atom. The van der Waals surface area contributed by atoms with E-state index in [1.54, 1.807) is 16.2 Å².